The van der Waals surface area contributed by atoms with E-state index in [0.29, 0.717) is 19.6 Å². The minimum atomic E-state index is 0.0100. The number of amides is 1. The predicted molar refractivity (Wildman–Crippen MR) is 89.2 cm³/mol. The Bertz CT molecular complexity index is 699. The third-order valence-electron chi connectivity index (χ3n) is 3.85. The molecule has 1 amide bonds. The number of ether oxygens (including phenoxy) is 2. The van der Waals surface area contributed by atoms with E-state index in [0.717, 1.165) is 34.2 Å². The molecule has 0 saturated carbocycles. The number of nitrogens with one attached hydrogen (secondary N) is 1. The molecule has 5 nitrogen and oxygen atoms in total. The molecule has 0 saturated heterocycles. The van der Waals surface area contributed by atoms with Crippen LogP contribution >= 0.6 is 11.3 Å². The third-order valence-corrected chi connectivity index (χ3v) is 4.68. The van der Waals surface area contributed by atoms with Gasteiger partial charge in [-0.05, 0) is 25.0 Å². The largest absolute Gasteiger partial charge is 0.497 e. The summed E-state index contributed by atoms with van der Waals surface area (Å²) >= 11 is 1.57. The summed E-state index contributed by atoms with van der Waals surface area (Å²) in [6, 6.07) is 5.88. The Labute approximate surface area is 139 Å². The van der Waals surface area contributed by atoms with Crippen molar-refractivity contribution in [3.63, 3.8) is 0 Å². The Morgan fingerprint density at radius 2 is 2.39 bits per heavy atom. The van der Waals surface area contributed by atoms with E-state index in [1.807, 2.05) is 30.5 Å². The van der Waals surface area contributed by atoms with Gasteiger partial charge in [0.1, 0.15) is 11.5 Å². The number of methoxy groups -OCH3 is 1. The van der Waals surface area contributed by atoms with Gasteiger partial charge in [0.2, 0.25) is 5.91 Å². The van der Waals surface area contributed by atoms with Gasteiger partial charge in [-0.3, -0.25) is 4.79 Å². The summed E-state index contributed by atoms with van der Waals surface area (Å²) < 4.78 is 11.0. The van der Waals surface area contributed by atoms with Gasteiger partial charge in [0, 0.05) is 23.9 Å². The number of fused-ring (bicyclic) bond motifs is 1. The van der Waals surface area contributed by atoms with Crippen molar-refractivity contribution in [2.75, 3.05) is 20.3 Å². The molecule has 122 valence electrons. The van der Waals surface area contributed by atoms with E-state index in [1.54, 1.807) is 18.4 Å². The standard InChI is InChI=1S/C17H20N2O3S/c1-11-19-14(10-23-11)6-17(20)18-8-12-5-13-3-4-15(21-2)7-16(13)22-9-12/h3-4,7,10,12H,5-6,8-9H2,1-2H3,(H,18,20). The highest BCUT2D eigenvalue weighted by atomic mass is 32.1. The quantitative estimate of drug-likeness (QED) is 0.913. The fraction of sp³-hybridized carbons (Fsp3) is 0.412. The average Bonchev–Trinajstić information content (AvgIpc) is 2.97. The normalized spacial score (nSPS) is 16.3. The molecule has 2 aromatic rings. The van der Waals surface area contributed by atoms with Crippen LogP contribution in [0.25, 0.3) is 0 Å². The topological polar surface area (TPSA) is 60.5 Å². The highest BCUT2D eigenvalue weighted by molar-refractivity contribution is 7.09. The number of hydrogen-bond donors (Lipinski definition) is 1. The molecule has 2 heterocycles. The lowest BCUT2D eigenvalue weighted by molar-refractivity contribution is -0.120. The Kier molecular flexibility index (Phi) is 4.81. The van der Waals surface area contributed by atoms with Crippen molar-refractivity contribution in [2.24, 2.45) is 5.92 Å². The fourth-order valence-electron chi connectivity index (χ4n) is 2.65. The second kappa shape index (κ2) is 7.00. The van der Waals surface area contributed by atoms with E-state index < -0.39 is 0 Å². The first-order valence-electron chi connectivity index (χ1n) is 7.61. The Hall–Kier alpha value is -2.08. The number of aryl methyl sites for hydroxylation is 1. The molecule has 3 rings (SSSR count). The molecule has 0 aliphatic carbocycles. The molecule has 1 aromatic carbocycles. The number of carbonyl (C=O) groups excluding carboxylic acids is 1. The van der Waals surface area contributed by atoms with Crippen molar-refractivity contribution in [2.45, 2.75) is 19.8 Å². The zero-order valence-corrected chi connectivity index (χ0v) is 14.1. The van der Waals surface area contributed by atoms with Crippen LogP contribution in [0.2, 0.25) is 0 Å². The molecule has 1 aromatic heterocycles. The molecular weight excluding hydrogens is 312 g/mol. The zero-order valence-electron chi connectivity index (χ0n) is 13.3. The molecule has 0 fully saturated rings. The van der Waals surface area contributed by atoms with Crippen molar-refractivity contribution in [3.05, 3.63) is 39.8 Å². The minimum Gasteiger partial charge on any atom is -0.497 e. The lowest BCUT2D eigenvalue weighted by Gasteiger charge is -2.25. The Balaban J connectivity index is 1.50. The Morgan fingerprint density at radius 1 is 1.52 bits per heavy atom. The van der Waals surface area contributed by atoms with E-state index in [1.165, 1.54) is 0 Å². The van der Waals surface area contributed by atoms with Crippen LogP contribution in [-0.2, 0) is 17.6 Å². The Morgan fingerprint density at radius 3 is 3.13 bits per heavy atom. The summed E-state index contributed by atoms with van der Waals surface area (Å²) in [6.07, 6.45) is 1.24. The first-order chi connectivity index (χ1) is 11.1. The SMILES string of the molecule is COc1ccc2c(c1)OCC(CNC(=O)Cc1csc(C)n1)C2. The fourth-order valence-corrected chi connectivity index (χ4v) is 3.26. The summed E-state index contributed by atoms with van der Waals surface area (Å²) in [5.41, 5.74) is 1.99. The first kappa shape index (κ1) is 15.8. The summed E-state index contributed by atoms with van der Waals surface area (Å²) in [7, 11) is 1.65. The smallest absolute Gasteiger partial charge is 0.226 e. The van der Waals surface area contributed by atoms with Crippen LogP contribution < -0.4 is 14.8 Å². The van der Waals surface area contributed by atoms with E-state index in [2.05, 4.69) is 10.3 Å². The number of benzene rings is 1. The van der Waals surface area contributed by atoms with Gasteiger partial charge < -0.3 is 14.8 Å². The molecular formula is C17H20N2O3S. The molecule has 0 radical (unpaired) electrons. The highest BCUT2D eigenvalue weighted by Crippen LogP contribution is 2.30. The van der Waals surface area contributed by atoms with Crippen LogP contribution in [0.15, 0.2) is 23.6 Å². The molecule has 1 aliphatic heterocycles. The third kappa shape index (κ3) is 4.01. The summed E-state index contributed by atoms with van der Waals surface area (Å²) in [4.78, 5) is 16.3. The molecule has 6 heteroatoms. The van der Waals surface area contributed by atoms with E-state index in [9.17, 15) is 4.79 Å². The van der Waals surface area contributed by atoms with Crippen LogP contribution in [0.4, 0.5) is 0 Å². The second-order valence-corrected chi connectivity index (χ2v) is 6.76. The van der Waals surface area contributed by atoms with Gasteiger partial charge in [-0.1, -0.05) is 6.07 Å². The second-order valence-electron chi connectivity index (χ2n) is 5.69. The van der Waals surface area contributed by atoms with Gasteiger partial charge in [-0.2, -0.15) is 0 Å². The van der Waals surface area contributed by atoms with Crippen molar-refractivity contribution in [1.29, 1.82) is 0 Å². The molecule has 1 atom stereocenters. The number of nitrogens with zero attached hydrogens (tertiary/aromatic N) is 1. The van der Waals surface area contributed by atoms with E-state index >= 15 is 0 Å². The zero-order chi connectivity index (χ0) is 16.2. The highest BCUT2D eigenvalue weighted by Gasteiger charge is 2.21. The van der Waals surface area contributed by atoms with Crippen LogP contribution in [0.1, 0.15) is 16.3 Å². The van der Waals surface area contributed by atoms with Crippen molar-refractivity contribution in [1.82, 2.24) is 10.3 Å². The minimum absolute atomic E-state index is 0.0100. The van der Waals surface area contributed by atoms with Crippen LogP contribution in [0, 0.1) is 12.8 Å². The monoisotopic (exact) mass is 332 g/mol. The lowest BCUT2D eigenvalue weighted by Crippen LogP contribution is -2.35. The van der Waals surface area contributed by atoms with Crippen LogP contribution in [-0.4, -0.2) is 31.2 Å². The van der Waals surface area contributed by atoms with E-state index in [4.69, 9.17) is 9.47 Å². The number of aromatic nitrogens is 1. The van der Waals surface area contributed by atoms with Crippen molar-refractivity contribution >= 4 is 17.2 Å². The molecule has 0 bridgehead atoms. The molecule has 1 aliphatic rings. The van der Waals surface area contributed by atoms with Crippen LogP contribution in [0.5, 0.6) is 11.5 Å². The maximum Gasteiger partial charge on any atom is 0.226 e. The molecule has 1 unspecified atom stereocenters. The van der Waals surface area contributed by atoms with Gasteiger partial charge in [0.25, 0.3) is 0 Å². The van der Waals surface area contributed by atoms with E-state index in [-0.39, 0.29) is 11.8 Å². The number of hydrogen-bond acceptors (Lipinski definition) is 5. The maximum atomic E-state index is 12.0. The number of rotatable bonds is 5. The number of carbonyl (C=O) groups is 1. The molecule has 0 spiro atoms. The first-order valence-corrected chi connectivity index (χ1v) is 8.49. The lowest BCUT2D eigenvalue weighted by atomic mass is 9.96. The van der Waals surface area contributed by atoms with Gasteiger partial charge in [-0.25, -0.2) is 4.98 Å². The van der Waals surface area contributed by atoms with Crippen molar-refractivity contribution < 1.29 is 14.3 Å². The van der Waals surface area contributed by atoms with Gasteiger partial charge in [0.15, 0.2) is 0 Å². The maximum absolute atomic E-state index is 12.0. The summed E-state index contributed by atoms with van der Waals surface area (Å²) in [5.74, 6) is 1.98. The summed E-state index contributed by atoms with van der Waals surface area (Å²) in [6.45, 7) is 3.17. The van der Waals surface area contributed by atoms with Crippen molar-refractivity contribution in [3.8, 4) is 11.5 Å². The van der Waals surface area contributed by atoms with Crippen LogP contribution in [0.3, 0.4) is 0 Å². The molecule has 1 N–H and O–H groups in total. The van der Waals surface area contributed by atoms with Gasteiger partial charge in [-0.15, -0.1) is 11.3 Å². The molecule has 23 heavy (non-hydrogen) atoms. The van der Waals surface area contributed by atoms with Gasteiger partial charge in [0.05, 0.1) is 30.8 Å². The summed E-state index contributed by atoms with van der Waals surface area (Å²) in [5, 5.41) is 5.90. The number of thiazole rings is 1. The van der Waals surface area contributed by atoms with Gasteiger partial charge >= 0.3 is 0 Å². The predicted octanol–water partition coefficient (Wildman–Crippen LogP) is 2.37. The average molecular weight is 332 g/mol.